The van der Waals surface area contributed by atoms with E-state index in [4.69, 9.17) is 0 Å². The first-order valence-electron chi connectivity index (χ1n) is 4.62. The molecule has 0 radical (unpaired) electrons. The fourth-order valence-corrected chi connectivity index (χ4v) is 1.32. The third-order valence-electron chi connectivity index (χ3n) is 2.02. The van der Waals surface area contributed by atoms with Gasteiger partial charge in [-0.05, 0) is 19.1 Å². The van der Waals surface area contributed by atoms with Crippen LogP contribution in [0.25, 0.3) is 0 Å². The maximum absolute atomic E-state index is 10.2. The molecule has 0 saturated heterocycles. The molecule has 0 aliphatic heterocycles. The van der Waals surface area contributed by atoms with Crippen molar-refractivity contribution in [3.05, 3.63) is 30.3 Å². The summed E-state index contributed by atoms with van der Waals surface area (Å²) in [5.74, 6) is 0. The van der Waals surface area contributed by atoms with E-state index in [9.17, 15) is 4.79 Å². The number of anilines is 1. The largest absolute Gasteiger partial charge is 0.371 e. The smallest absolute Gasteiger partial charge is 0.121 e. The molecule has 0 aromatic heterocycles. The summed E-state index contributed by atoms with van der Waals surface area (Å²) >= 11 is 0. The van der Waals surface area contributed by atoms with Gasteiger partial charge in [-0.2, -0.15) is 0 Å². The molecule has 1 aromatic carbocycles. The fraction of sp³-hybridized carbons (Fsp3) is 0.364. The molecule has 0 aliphatic rings. The third kappa shape index (κ3) is 2.90. The van der Waals surface area contributed by atoms with Crippen molar-refractivity contribution in [1.29, 1.82) is 0 Å². The first-order chi connectivity index (χ1) is 6.38. The van der Waals surface area contributed by atoms with Gasteiger partial charge in [-0.15, -0.1) is 0 Å². The van der Waals surface area contributed by atoms with Crippen molar-refractivity contribution in [2.75, 3.05) is 18.0 Å². The molecule has 0 aliphatic carbocycles. The number of carbonyl (C=O) groups is 1. The summed E-state index contributed by atoms with van der Waals surface area (Å²) in [6.45, 7) is 3.85. The van der Waals surface area contributed by atoms with E-state index in [-0.39, 0.29) is 0 Å². The van der Waals surface area contributed by atoms with Crippen molar-refractivity contribution in [3.63, 3.8) is 0 Å². The number of nitrogens with zero attached hydrogens (tertiary/aromatic N) is 1. The second-order valence-corrected chi connectivity index (χ2v) is 2.87. The molecule has 0 amide bonds. The van der Waals surface area contributed by atoms with Crippen molar-refractivity contribution in [2.45, 2.75) is 13.3 Å². The molecule has 13 heavy (non-hydrogen) atoms. The Morgan fingerprint density at radius 3 is 2.54 bits per heavy atom. The third-order valence-corrected chi connectivity index (χ3v) is 2.02. The van der Waals surface area contributed by atoms with Crippen molar-refractivity contribution >= 4 is 12.0 Å². The molecule has 0 spiro atoms. The average Bonchev–Trinajstić information content (AvgIpc) is 2.21. The number of aldehydes is 1. The van der Waals surface area contributed by atoms with Crippen LogP contribution in [0.3, 0.4) is 0 Å². The Morgan fingerprint density at radius 1 is 1.31 bits per heavy atom. The Hall–Kier alpha value is -1.31. The molecule has 2 nitrogen and oxygen atoms in total. The van der Waals surface area contributed by atoms with Gasteiger partial charge in [0.15, 0.2) is 0 Å². The zero-order valence-corrected chi connectivity index (χ0v) is 7.94. The number of hydrogen-bond donors (Lipinski definition) is 0. The number of carbonyl (C=O) groups excluding carboxylic acids is 1. The highest BCUT2D eigenvalue weighted by Crippen LogP contribution is 2.12. The van der Waals surface area contributed by atoms with Gasteiger partial charge >= 0.3 is 0 Å². The Balaban J connectivity index is 2.61. The molecule has 0 N–H and O–H groups in total. The molecule has 0 bridgehead atoms. The van der Waals surface area contributed by atoms with E-state index in [2.05, 4.69) is 24.0 Å². The summed E-state index contributed by atoms with van der Waals surface area (Å²) in [5.41, 5.74) is 1.19. The van der Waals surface area contributed by atoms with Gasteiger partial charge in [0, 0.05) is 25.2 Å². The van der Waals surface area contributed by atoms with Gasteiger partial charge in [0.25, 0.3) is 0 Å². The van der Waals surface area contributed by atoms with Gasteiger partial charge < -0.3 is 9.69 Å². The van der Waals surface area contributed by atoms with Crippen LogP contribution in [0, 0.1) is 0 Å². The average molecular weight is 177 g/mol. The molecular weight excluding hydrogens is 162 g/mol. The quantitative estimate of drug-likeness (QED) is 0.642. The van der Waals surface area contributed by atoms with E-state index < -0.39 is 0 Å². The highest BCUT2D eigenvalue weighted by Gasteiger charge is 2.01. The van der Waals surface area contributed by atoms with Crippen LogP contribution < -0.4 is 4.90 Å². The van der Waals surface area contributed by atoms with Crippen LogP contribution in [0.1, 0.15) is 13.3 Å². The summed E-state index contributed by atoms with van der Waals surface area (Å²) in [6, 6.07) is 10.2. The molecule has 0 unspecified atom stereocenters. The zero-order valence-electron chi connectivity index (χ0n) is 7.94. The molecule has 1 rings (SSSR count). The monoisotopic (exact) mass is 177 g/mol. The van der Waals surface area contributed by atoms with Gasteiger partial charge in [-0.1, -0.05) is 18.2 Å². The summed E-state index contributed by atoms with van der Waals surface area (Å²) in [6.07, 6.45) is 1.56. The number of hydrogen-bond acceptors (Lipinski definition) is 2. The molecule has 1 aromatic rings. The second kappa shape index (κ2) is 5.36. The normalized spacial score (nSPS) is 9.62. The van der Waals surface area contributed by atoms with Gasteiger partial charge in [0.05, 0.1) is 0 Å². The van der Waals surface area contributed by atoms with E-state index >= 15 is 0 Å². The molecule has 0 fully saturated rings. The van der Waals surface area contributed by atoms with Crippen molar-refractivity contribution in [2.24, 2.45) is 0 Å². The molecule has 0 saturated carbocycles. The first kappa shape index (κ1) is 9.78. The van der Waals surface area contributed by atoms with Gasteiger partial charge in [0.1, 0.15) is 6.29 Å². The van der Waals surface area contributed by atoms with E-state index in [1.807, 2.05) is 18.2 Å². The van der Waals surface area contributed by atoms with Crippen molar-refractivity contribution < 1.29 is 4.79 Å². The van der Waals surface area contributed by atoms with Crippen LogP contribution in [0.2, 0.25) is 0 Å². The second-order valence-electron chi connectivity index (χ2n) is 2.87. The lowest BCUT2D eigenvalue weighted by molar-refractivity contribution is -0.107. The zero-order chi connectivity index (χ0) is 9.52. The lowest BCUT2D eigenvalue weighted by Gasteiger charge is -2.21. The van der Waals surface area contributed by atoms with Crippen LogP contribution in [0.15, 0.2) is 30.3 Å². The minimum Gasteiger partial charge on any atom is -0.371 e. The predicted octanol–water partition coefficient (Wildman–Crippen LogP) is 2.10. The van der Waals surface area contributed by atoms with Crippen molar-refractivity contribution in [1.82, 2.24) is 0 Å². The minimum atomic E-state index is 0.600. The Labute approximate surface area is 79.2 Å². The van der Waals surface area contributed by atoms with Crippen LogP contribution in [0.5, 0.6) is 0 Å². The Morgan fingerprint density at radius 2 is 2.00 bits per heavy atom. The summed E-state index contributed by atoms with van der Waals surface area (Å²) in [4.78, 5) is 12.4. The maximum Gasteiger partial charge on any atom is 0.121 e. The molecular formula is C11H15NO. The molecule has 0 heterocycles. The number of para-hydroxylation sites is 1. The van der Waals surface area contributed by atoms with Crippen LogP contribution in [0.4, 0.5) is 5.69 Å². The number of benzene rings is 1. The van der Waals surface area contributed by atoms with Crippen LogP contribution in [-0.4, -0.2) is 19.4 Å². The van der Waals surface area contributed by atoms with Gasteiger partial charge in [-0.3, -0.25) is 0 Å². The maximum atomic E-state index is 10.2. The summed E-state index contributed by atoms with van der Waals surface area (Å²) in [7, 11) is 0. The van der Waals surface area contributed by atoms with Crippen LogP contribution in [-0.2, 0) is 4.79 Å². The van der Waals surface area contributed by atoms with E-state index in [1.165, 1.54) is 5.69 Å². The van der Waals surface area contributed by atoms with Crippen LogP contribution >= 0.6 is 0 Å². The lowest BCUT2D eigenvalue weighted by Crippen LogP contribution is -2.23. The van der Waals surface area contributed by atoms with Gasteiger partial charge in [-0.25, -0.2) is 0 Å². The minimum absolute atomic E-state index is 0.600. The highest BCUT2D eigenvalue weighted by molar-refractivity contribution is 5.52. The van der Waals surface area contributed by atoms with E-state index in [0.717, 1.165) is 19.4 Å². The van der Waals surface area contributed by atoms with Crippen molar-refractivity contribution in [3.8, 4) is 0 Å². The van der Waals surface area contributed by atoms with E-state index in [1.54, 1.807) is 0 Å². The Kier molecular flexibility index (Phi) is 4.03. The molecule has 2 heteroatoms. The predicted molar refractivity (Wildman–Crippen MR) is 55.0 cm³/mol. The fourth-order valence-electron chi connectivity index (χ4n) is 1.32. The first-order valence-corrected chi connectivity index (χ1v) is 4.62. The Bertz CT molecular complexity index is 246. The standard InChI is InChI=1S/C11H15NO/c1-2-12(9-6-10-13)11-7-4-3-5-8-11/h3-5,7-8,10H,2,6,9H2,1H3. The summed E-state index contributed by atoms with van der Waals surface area (Å²) in [5, 5.41) is 0. The van der Waals surface area contributed by atoms with E-state index in [0.29, 0.717) is 6.42 Å². The SMILES string of the molecule is CCN(CCC=O)c1ccccc1. The lowest BCUT2D eigenvalue weighted by atomic mass is 10.2. The number of rotatable bonds is 5. The van der Waals surface area contributed by atoms with Gasteiger partial charge in [0.2, 0.25) is 0 Å². The molecule has 0 atom stereocenters. The topological polar surface area (TPSA) is 20.3 Å². The highest BCUT2D eigenvalue weighted by atomic mass is 16.1. The molecule has 70 valence electrons. The summed E-state index contributed by atoms with van der Waals surface area (Å²) < 4.78 is 0.